The van der Waals surface area contributed by atoms with Crippen LogP contribution in [0.3, 0.4) is 0 Å². The molecular formula is C24H25N3O5. The molecule has 0 amide bonds. The number of hydrogen-bond donors (Lipinski definition) is 0. The van der Waals surface area contributed by atoms with Crippen molar-refractivity contribution in [3.63, 3.8) is 0 Å². The van der Waals surface area contributed by atoms with Gasteiger partial charge in [-0.3, -0.25) is 9.78 Å². The molecule has 32 heavy (non-hydrogen) atoms. The summed E-state index contributed by atoms with van der Waals surface area (Å²) in [7, 11) is 7.14. The molecule has 8 heteroatoms. The predicted octanol–water partition coefficient (Wildman–Crippen LogP) is 3.57. The van der Waals surface area contributed by atoms with Gasteiger partial charge in [-0.15, -0.1) is 0 Å². The number of ether oxygens (including phenoxy) is 4. The second-order valence-electron chi connectivity index (χ2n) is 8.28. The fourth-order valence-electron chi connectivity index (χ4n) is 4.57. The topological polar surface area (TPSA) is 75.1 Å². The zero-order chi connectivity index (χ0) is 22.6. The quantitative estimate of drug-likeness (QED) is 0.444. The van der Waals surface area contributed by atoms with Crippen LogP contribution < -0.4 is 24.5 Å². The summed E-state index contributed by atoms with van der Waals surface area (Å²) in [5.41, 5.74) is 1.46. The van der Waals surface area contributed by atoms with E-state index in [4.69, 9.17) is 23.9 Å². The Labute approximate surface area is 184 Å². The highest BCUT2D eigenvalue weighted by Gasteiger charge is 2.23. The average Bonchev–Trinajstić information content (AvgIpc) is 3.23. The summed E-state index contributed by atoms with van der Waals surface area (Å²) >= 11 is 0. The van der Waals surface area contributed by atoms with E-state index in [9.17, 15) is 4.79 Å². The summed E-state index contributed by atoms with van der Waals surface area (Å²) in [5, 5.41) is 3.02. The lowest BCUT2D eigenvalue weighted by molar-refractivity contribution is 0.174. The molecule has 0 saturated heterocycles. The number of methoxy groups -OCH3 is 2. The summed E-state index contributed by atoms with van der Waals surface area (Å²) in [6.07, 6.45) is 1.81. The van der Waals surface area contributed by atoms with Gasteiger partial charge in [0.1, 0.15) is 0 Å². The number of benzene rings is 2. The molecule has 1 unspecified atom stereocenters. The van der Waals surface area contributed by atoms with Crippen molar-refractivity contribution in [3.8, 4) is 23.0 Å². The van der Waals surface area contributed by atoms with Crippen LogP contribution in [0.15, 0.2) is 35.3 Å². The molecule has 4 aromatic rings. The molecule has 0 bridgehead atoms. The van der Waals surface area contributed by atoms with Crippen LogP contribution in [0.4, 0.5) is 0 Å². The van der Waals surface area contributed by atoms with E-state index in [0.717, 1.165) is 27.2 Å². The SMILES string of the molecule is COc1cc2c(=O)n(C(C)CN(C)C)c3c4cc5c(cc4ncc3c2cc1OC)OCO5. The van der Waals surface area contributed by atoms with Gasteiger partial charge in [0.25, 0.3) is 5.56 Å². The standard InChI is InChI=1S/C24H25N3O5/c1-13(11-26(2)3)27-23-16-8-21-22(32-12-31-21)9-18(16)25-10-17(23)14-6-19(29-4)20(30-5)7-15(14)24(27)28/h6-10,13H,11-12H2,1-5H3. The van der Waals surface area contributed by atoms with Gasteiger partial charge in [0, 0.05) is 41.0 Å². The van der Waals surface area contributed by atoms with E-state index in [-0.39, 0.29) is 18.4 Å². The van der Waals surface area contributed by atoms with Crippen LogP contribution >= 0.6 is 0 Å². The predicted molar refractivity (Wildman–Crippen MR) is 124 cm³/mol. The fourth-order valence-corrected chi connectivity index (χ4v) is 4.57. The number of hydrogen-bond acceptors (Lipinski definition) is 7. The molecule has 0 aliphatic carbocycles. The van der Waals surface area contributed by atoms with Crippen LogP contribution in [0.1, 0.15) is 13.0 Å². The summed E-state index contributed by atoms with van der Waals surface area (Å²) in [6, 6.07) is 7.28. The molecule has 0 saturated carbocycles. The van der Waals surface area contributed by atoms with Crippen molar-refractivity contribution in [1.82, 2.24) is 14.5 Å². The number of aromatic nitrogens is 2. The Morgan fingerprint density at radius 2 is 1.66 bits per heavy atom. The summed E-state index contributed by atoms with van der Waals surface area (Å²) in [5.74, 6) is 2.39. The number of likely N-dealkylation sites (N-methyl/N-ethyl adjacent to an activating group) is 1. The van der Waals surface area contributed by atoms with Gasteiger partial charge in [0.05, 0.1) is 30.6 Å². The van der Waals surface area contributed by atoms with E-state index >= 15 is 0 Å². The van der Waals surface area contributed by atoms with Crippen LogP contribution in [0.2, 0.25) is 0 Å². The molecule has 1 atom stereocenters. The Balaban J connectivity index is 1.98. The van der Waals surface area contributed by atoms with E-state index < -0.39 is 0 Å². The molecular weight excluding hydrogens is 410 g/mol. The van der Waals surface area contributed by atoms with Crippen LogP contribution in [0, 0.1) is 0 Å². The minimum atomic E-state index is -0.0898. The Hall–Kier alpha value is -3.52. The molecule has 5 rings (SSSR count). The third-order valence-electron chi connectivity index (χ3n) is 5.91. The van der Waals surface area contributed by atoms with Crippen LogP contribution in [0.5, 0.6) is 23.0 Å². The van der Waals surface area contributed by atoms with Crippen LogP contribution in [0.25, 0.3) is 32.6 Å². The largest absolute Gasteiger partial charge is 0.493 e. The normalized spacial score (nSPS) is 13.9. The lowest BCUT2D eigenvalue weighted by Crippen LogP contribution is -2.30. The lowest BCUT2D eigenvalue weighted by Gasteiger charge is -2.23. The van der Waals surface area contributed by atoms with Crippen LogP contribution in [-0.2, 0) is 0 Å². The maximum Gasteiger partial charge on any atom is 0.259 e. The highest BCUT2D eigenvalue weighted by Crippen LogP contribution is 2.40. The maximum absolute atomic E-state index is 13.9. The fraction of sp³-hybridized carbons (Fsp3) is 0.333. The van der Waals surface area contributed by atoms with Crippen molar-refractivity contribution in [2.24, 2.45) is 0 Å². The van der Waals surface area contributed by atoms with Gasteiger partial charge in [0.15, 0.2) is 23.0 Å². The molecule has 1 aliphatic heterocycles. The van der Waals surface area contributed by atoms with Crippen LogP contribution in [-0.4, -0.2) is 56.1 Å². The van der Waals surface area contributed by atoms with Crippen molar-refractivity contribution in [1.29, 1.82) is 0 Å². The summed E-state index contributed by atoms with van der Waals surface area (Å²) < 4.78 is 24.0. The lowest BCUT2D eigenvalue weighted by atomic mass is 10.0. The first-order valence-electron chi connectivity index (χ1n) is 10.4. The first-order chi connectivity index (χ1) is 15.4. The van der Waals surface area contributed by atoms with E-state index in [1.54, 1.807) is 20.3 Å². The average molecular weight is 435 g/mol. The zero-order valence-electron chi connectivity index (χ0n) is 18.8. The Morgan fingerprint density at radius 1 is 1.00 bits per heavy atom. The van der Waals surface area contributed by atoms with Gasteiger partial charge in [-0.25, -0.2) is 0 Å². The number of rotatable bonds is 5. The van der Waals surface area contributed by atoms with Gasteiger partial charge >= 0.3 is 0 Å². The minimum Gasteiger partial charge on any atom is -0.493 e. The van der Waals surface area contributed by atoms with Crippen molar-refractivity contribution in [2.75, 3.05) is 41.7 Å². The van der Waals surface area contributed by atoms with E-state index in [2.05, 4.69) is 4.90 Å². The van der Waals surface area contributed by atoms with Crippen molar-refractivity contribution in [2.45, 2.75) is 13.0 Å². The second kappa shape index (κ2) is 7.56. The minimum absolute atomic E-state index is 0.0893. The highest BCUT2D eigenvalue weighted by atomic mass is 16.7. The van der Waals surface area contributed by atoms with Gasteiger partial charge in [0.2, 0.25) is 6.79 Å². The molecule has 2 aromatic heterocycles. The van der Waals surface area contributed by atoms with Crippen molar-refractivity contribution < 1.29 is 18.9 Å². The van der Waals surface area contributed by atoms with E-state index in [0.29, 0.717) is 34.9 Å². The van der Waals surface area contributed by atoms with Gasteiger partial charge in [-0.1, -0.05) is 0 Å². The van der Waals surface area contributed by atoms with E-state index in [1.807, 2.05) is 50.0 Å². The zero-order valence-corrected chi connectivity index (χ0v) is 18.8. The first-order valence-corrected chi connectivity index (χ1v) is 10.4. The van der Waals surface area contributed by atoms with Gasteiger partial charge < -0.3 is 28.4 Å². The van der Waals surface area contributed by atoms with Gasteiger partial charge in [-0.2, -0.15) is 0 Å². The summed E-state index contributed by atoms with van der Waals surface area (Å²) in [6.45, 7) is 2.92. The highest BCUT2D eigenvalue weighted by molar-refractivity contribution is 6.15. The Kier molecular flexibility index (Phi) is 4.82. The Morgan fingerprint density at radius 3 is 2.31 bits per heavy atom. The van der Waals surface area contributed by atoms with Gasteiger partial charge in [-0.05, 0) is 39.2 Å². The first kappa shape index (κ1) is 20.4. The number of pyridine rings is 2. The molecule has 0 fully saturated rings. The maximum atomic E-state index is 13.9. The van der Waals surface area contributed by atoms with Crippen molar-refractivity contribution >= 4 is 32.6 Å². The summed E-state index contributed by atoms with van der Waals surface area (Å²) in [4.78, 5) is 20.6. The second-order valence-corrected chi connectivity index (χ2v) is 8.28. The molecule has 3 heterocycles. The monoisotopic (exact) mass is 435 g/mol. The smallest absolute Gasteiger partial charge is 0.259 e. The molecule has 0 N–H and O–H groups in total. The van der Waals surface area contributed by atoms with Crippen molar-refractivity contribution in [3.05, 3.63) is 40.8 Å². The molecule has 0 spiro atoms. The number of nitrogens with zero attached hydrogens (tertiary/aromatic N) is 3. The molecule has 2 aromatic carbocycles. The molecule has 1 aliphatic rings. The molecule has 166 valence electrons. The third-order valence-corrected chi connectivity index (χ3v) is 5.91. The third kappa shape index (κ3) is 3.02. The number of fused-ring (bicyclic) bond motifs is 6. The van der Waals surface area contributed by atoms with E-state index in [1.165, 1.54) is 0 Å². The molecule has 0 radical (unpaired) electrons. The molecule has 8 nitrogen and oxygen atoms in total. The Bertz CT molecular complexity index is 1430.